The second-order valence-electron chi connectivity index (χ2n) is 13.5. The van der Waals surface area contributed by atoms with Crippen molar-refractivity contribution >= 4 is 65.0 Å². The normalized spacial score (nSPS) is 11.8. The Bertz CT molecular complexity index is 3240. The van der Waals surface area contributed by atoms with Gasteiger partial charge in [0.25, 0.3) is 0 Å². The maximum absolute atomic E-state index is 6.26. The van der Waals surface area contributed by atoms with E-state index in [-0.39, 0.29) is 0 Å². The number of hydrogen-bond acceptors (Lipinski definition) is 5. The molecule has 0 aliphatic rings. The van der Waals surface area contributed by atoms with E-state index in [2.05, 4.69) is 132 Å². The molecule has 3 heterocycles. The summed E-state index contributed by atoms with van der Waals surface area (Å²) in [5.74, 6) is 1.82. The van der Waals surface area contributed by atoms with Gasteiger partial charge in [0.1, 0.15) is 11.2 Å². The van der Waals surface area contributed by atoms with E-state index in [0.717, 1.165) is 60.5 Å². The van der Waals surface area contributed by atoms with Crippen molar-refractivity contribution < 1.29 is 4.42 Å². The summed E-state index contributed by atoms with van der Waals surface area (Å²) in [5, 5.41) is 11.5. The number of furan rings is 1. The van der Waals surface area contributed by atoms with Crippen LogP contribution in [0.3, 0.4) is 0 Å². The predicted molar refractivity (Wildman–Crippen MR) is 217 cm³/mol. The van der Waals surface area contributed by atoms with Crippen molar-refractivity contribution in [3.63, 3.8) is 0 Å². The van der Waals surface area contributed by atoms with Gasteiger partial charge in [0, 0.05) is 45.2 Å². The van der Waals surface area contributed by atoms with Crippen LogP contribution in [0.25, 0.3) is 110 Å². The minimum absolute atomic E-state index is 0.596. The summed E-state index contributed by atoms with van der Waals surface area (Å²) >= 11 is 0. The number of benzene rings is 8. The highest BCUT2D eigenvalue weighted by atomic mass is 16.3. The van der Waals surface area contributed by atoms with Gasteiger partial charge in [0.05, 0.1) is 0 Å². The van der Waals surface area contributed by atoms with Crippen LogP contribution >= 0.6 is 0 Å². The van der Waals surface area contributed by atoms with Crippen molar-refractivity contribution in [3.8, 4) is 45.3 Å². The van der Waals surface area contributed by atoms with E-state index in [1.165, 1.54) is 32.3 Å². The first kappa shape index (κ1) is 29.5. The van der Waals surface area contributed by atoms with Gasteiger partial charge in [0.2, 0.25) is 0 Å². The molecule has 53 heavy (non-hydrogen) atoms. The molecular weight excluding hydrogens is 649 g/mol. The standard InChI is InChI=1S/C48H28N4O/c1-2-9-33-26-35(21-16-29(33)8-1)47-50-46(51-48(52-47)39-13-7-15-43-45(39)38-12-5-6-14-42(38)53-43)32-19-17-30(18-20-32)40-27-34-10-3-4-11-36(34)37-23-22-31-24-25-49-28-41(31)44(37)40/h1-28H. The van der Waals surface area contributed by atoms with Crippen molar-refractivity contribution in [2.75, 3.05) is 0 Å². The van der Waals surface area contributed by atoms with Crippen LogP contribution in [0.15, 0.2) is 175 Å². The molecule has 8 aromatic carbocycles. The number of aromatic nitrogens is 4. The average molecular weight is 677 g/mol. The largest absolute Gasteiger partial charge is 0.456 e. The number of hydrogen-bond donors (Lipinski definition) is 0. The Labute approximate surface area is 303 Å². The molecule has 5 heteroatoms. The maximum Gasteiger partial charge on any atom is 0.164 e. The van der Waals surface area contributed by atoms with E-state index in [1.54, 1.807) is 0 Å². The topological polar surface area (TPSA) is 64.7 Å². The third-order valence-corrected chi connectivity index (χ3v) is 10.4. The fourth-order valence-corrected chi connectivity index (χ4v) is 7.84. The monoisotopic (exact) mass is 676 g/mol. The Balaban J connectivity index is 1.11. The summed E-state index contributed by atoms with van der Waals surface area (Å²) in [4.78, 5) is 19.9. The van der Waals surface area contributed by atoms with Crippen LogP contribution in [0.4, 0.5) is 0 Å². The molecule has 0 saturated heterocycles. The van der Waals surface area contributed by atoms with Crippen molar-refractivity contribution in [1.82, 2.24) is 19.9 Å². The van der Waals surface area contributed by atoms with Gasteiger partial charge >= 0.3 is 0 Å². The Morgan fingerprint density at radius 1 is 0.358 bits per heavy atom. The van der Waals surface area contributed by atoms with Gasteiger partial charge in [-0.25, -0.2) is 15.0 Å². The molecule has 0 spiro atoms. The lowest BCUT2D eigenvalue weighted by Gasteiger charge is -2.14. The first-order valence-electron chi connectivity index (χ1n) is 17.7. The van der Waals surface area contributed by atoms with Crippen LogP contribution < -0.4 is 0 Å². The van der Waals surface area contributed by atoms with Gasteiger partial charge in [-0.3, -0.25) is 4.98 Å². The highest BCUT2D eigenvalue weighted by Gasteiger charge is 2.19. The summed E-state index contributed by atoms with van der Waals surface area (Å²) in [5.41, 5.74) is 6.64. The first-order valence-corrected chi connectivity index (χ1v) is 17.7. The van der Waals surface area contributed by atoms with E-state index in [9.17, 15) is 0 Å². The van der Waals surface area contributed by atoms with Crippen molar-refractivity contribution in [2.24, 2.45) is 0 Å². The minimum Gasteiger partial charge on any atom is -0.456 e. The summed E-state index contributed by atoms with van der Waals surface area (Å²) in [6.45, 7) is 0. The summed E-state index contributed by atoms with van der Waals surface area (Å²) in [6.07, 6.45) is 3.84. The Morgan fingerprint density at radius 3 is 1.92 bits per heavy atom. The summed E-state index contributed by atoms with van der Waals surface area (Å²) in [6, 6.07) is 54.9. The maximum atomic E-state index is 6.26. The summed E-state index contributed by atoms with van der Waals surface area (Å²) < 4.78 is 6.26. The smallest absolute Gasteiger partial charge is 0.164 e. The molecule has 0 saturated carbocycles. The predicted octanol–water partition coefficient (Wildman–Crippen LogP) is 12.4. The molecular formula is C48H28N4O. The van der Waals surface area contributed by atoms with Gasteiger partial charge in [-0.1, -0.05) is 127 Å². The molecule has 11 rings (SSSR count). The Hall–Kier alpha value is -7.24. The van der Waals surface area contributed by atoms with E-state index >= 15 is 0 Å². The zero-order valence-corrected chi connectivity index (χ0v) is 28.4. The first-order chi connectivity index (χ1) is 26.2. The fraction of sp³-hybridized carbons (Fsp3) is 0. The lowest BCUT2D eigenvalue weighted by Crippen LogP contribution is -2.00. The Kier molecular flexibility index (Phi) is 6.48. The molecule has 0 N–H and O–H groups in total. The van der Waals surface area contributed by atoms with E-state index < -0.39 is 0 Å². The molecule has 0 fully saturated rings. The van der Waals surface area contributed by atoms with Crippen LogP contribution in [0.2, 0.25) is 0 Å². The fourth-order valence-electron chi connectivity index (χ4n) is 7.84. The SMILES string of the molecule is c1ccc2cc(-c3nc(-c4ccc(-c5cc6ccccc6c6ccc7ccncc7c56)cc4)nc(-c4cccc5oc6ccccc6c45)n3)ccc2c1. The molecule has 0 atom stereocenters. The van der Waals surface area contributed by atoms with Gasteiger partial charge in [0.15, 0.2) is 17.5 Å². The minimum atomic E-state index is 0.596. The van der Waals surface area contributed by atoms with Crippen LogP contribution in [0.5, 0.6) is 0 Å². The van der Waals surface area contributed by atoms with Crippen LogP contribution in [-0.2, 0) is 0 Å². The van der Waals surface area contributed by atoms with E-state index in [4.69, 9.17) is 19.4 Å². The molecule has 5 nitrogen and oxygen atoms in total. The second kappa shape index (κ2) is 11.7. The average Bonchev–Trinajstić information content (AvgIpc) is 3.62. The third-order valence-electron chi connectivity index (χ3n) is 10.4. The van der Waals surface area contributed by atoms with E-state index in [0.29, 0.717) is 17.5 Å². The molecule has 0 amide bonds. The van der Waals surface area contributed by atoms with Crippen molar-refractivity contribution in [1.29, 1.82) is 0 Å². The van der Waals surface area contributed by atoms with Gasteiger partial charge < -0.3 is 4.42 Å². The molecule has 0 aliphatic heterocycles. The zero-order valence-electron chi connectivity index (χ0n) is 28.4. The highest BCUT2D eigenvalue weighted by molar-refractivity contribution is 6.22. The van der Waals surface area contributed by atoms with Gasteiger partial charge in [-0.2, -0.15) is 0 Å². The second-order valence-corrected chi connectivity index (χ2v) is 13.5. The molecule has 0 unspecified atom stereocenters. The number of rotatable bonds is 4. The molecule has 0 radical (unpaired) electrons. The molecule has 3 aromatic heterocycles. The van der Waals surface area contributed by atoms with Gasteiger partial charge in [-0.15, -0.1) is 0 Å². The van der Waals surface area contributed by atoms with E-state index in [1.807, 2.05) is 42.7 Å². The lowest BCUT2D eigenvalue weighted by atomic mass is 9.90. The molecule has 0 bridgehead atoms. The molecule has 0 aliphatic carbocycles. The van der Waals surface area contributed by atoms with Crippen LogP contribution in [0.1, 0.15) is 0 Å². The highest BCUT2D eigenvalue weighted by Crippen LogP contribution is 2.40. The van der Waals surface area contributed by atoms with Crippen molar-refractivity contribution in [2.45, 2.75) is 0 Å². The molecule has 246 valence electrons. The quantitative estimate of drug-likeness (QED) is 0.174. The number of fused-ring (bicyclic) bond motifs is 9. The zero-order chi connectivity index (χ0) is 34.9. The Morgan fingerprint density at radius 2 is 1.04 bits per heavy atom. The summed E-state index contributed by atoms with van der Waals surface area (Å²) in [7, 11) is 0. The number of para-hydroxylation sites is 1. The van der Waals surface area contributed by atoms with Crippen molar-refractivity contribution in [3.05, 3.63) is 170 Å². The third kappa shape index (κ3) is 4.79. The lowest BCUT2D eigenvalue weighted by molar-refractivity contribution is 0.669. The number of pyridine rings is 1. The van der Waals surface area contributed by atoms with Crippen LogP contribution in [0, 0.1) is 0 Å². The van der Waals surface area contributed by atoms with Gasteiger partial charge in [-0.05, 0) is 79.2 Å². The van der Waals surface area contributed by atoms with Crippen LogP contribution in [-0.4, -0.2) is 19.9 Å². The molecule has 11 aromatic rings. The number of nitrogens with zero attached hydrogens (tertiary/aromatic N) is 4.